The van der Waals surface area contributed by atoms with Gasteiger partial charge in [0, 0.05) is 135 Å². The van der Waals surface area contributed by atoms with Gasteiger partial charge in [-0.05, 0) is 164 Å². The number of hydrogen-bond acceptors (Lipinski definition) is 8. The lowest BCUT2D eigenvalue weighted by atomic mass is 10.1. The molecular weight excluding hydrogens is 1270 g/mol. The van der Waals surface area contributed by atoms with Gasteiger partial charge in [-0.3, -0.25) is 39.9 Å². The third-order valence-corrected chi connectivity index (χ3v) is 14.7. The molecule has 0 fully saturated rings. The Bertz CT molecular complexity index is 4210. The summed E-state index contributed by atoms with van der Waals surface area (Å²) < 4.78 is 0. The minimum absolute atomic E-state index is 1.07. The number of nitrogens with zero attached hydrogens (tertiary/aromatic N) is 8. The first kappa shape index (κ1) is 91.1. The summed E-state index contributed by atoms with van der Waals surface area (Å²) in [4.78, 5) is 33.0. The Balaban J connectivity index is 0.000000578. The number of pyridine rings is 8. The van der Waals surface area contributed by atoms with Gasteiger partial charge in [0.05, 0.1) is 5.52 Å². The van der Waals surface area contributed by atoms with Crippen molar-refractivity contribution in [3.63, 3.8) is 0 Å². The highest BCUT2D eigenvalue weighted by molar-refractivity contribution is 5.88. The van der Waals surface area contributed by atoms with Crippen LogP contribution in [-0.2, 0) is 0 Å². The summed E-state index contributed by atoms with van der Waals surface area (Å²) in [7, 11) is 0. The maximum atomic E-state index is 4.28. The molecule has 0 atom stereocenters. The lowest BCUT2D eigenvalue weighted by Crippen LogP contribution is -1.80. The fraction of sp³-hybridized carbons (Fsp3) is 0.250. The Kier molecular flexibility index (Phi) is 48.8. The van der Waals surface area contributed by atoms with E-state index in [1.807, 2.05) is 272 Å². The van der Waals surface area contributed by atoms with Gasteiger partial charge in [-0.15, -0.1) is 0 Å². The maximum absolute atomic E-state index is 4.28. The molecule has 0 aliphatic heterocycles. The molecule has 8 aromatic heterocycles. The van der Waals surface area contributed by atoms with Gasteiger partial charge in [0.2, 0.25) is 0 Å². The van der Waals surface area contributed by atoms with Crippen molar-refractivity contribution in [1.29, 1.82) is 0 Å². The van der Waals surface area contributed by atoms with Crippen LogP contribution in [0, 0.1) is 55.4 Å². The van der Waals surface area contributed by atoms with Crippen molar-refractivity contribution < 1.29 is 0 Å². The van der Waals surface area contributed by atoms with Gasteiger partial charge in [0.1, 0.15) is 0 Å². The molecule has 0 aliphatic carbocycles. The topological polar surface area (TPSA) is 103 Å². The van der Waals surface area contributed by atoms with Crippen LogP contribution in [0.2, 0.25) is 0 Å². The van der Waals surface area contributed by atoms with Crippen LogP contribution in [0.4, 0.5) is 0 Å². The first-order chi connectivity index (χ1) is 51.0. The Morgan fingerprint density at radius 2 is 0.587 bits per heavy atom. The van der Waals surface area contributed by atoms with E-state index in [-0.39, 0.29) is 0 Å². The zero-order chi connectivity index (χ0) is 77.5. The summed E-state index contributed by atoms with van der Waals surface area (Å²) in [6, 6.07) is 72.6. The minimum Gasteiger partial charge on any atom is -0.264 e. The van der Waals surface area contributed by atoms with E-state index < -0.39 is 0 Å². The molecule has 0 amide bonds. The average Bonchev–Trinajstić information content (AvgIpc) is 0.825. The van der Waals surface area contributed by atoms with Gasteiger partial charge in [-0.1, -0.05) is 286 Å². The molecule has 16 rings (SSSR count). The average molecular weight is 1390 g/mol. The summed E-state index contributed by atoms with van der Waals surface area (Å²) in [5.41, 5.74) is 10.9. The number of rotatable bonds is 0. The van der Waals surface area contributed by atoms with E-state index in [0.717, 1.165) is 16.9 Å². The van der Waals surface area contributed by atoms with Crippen LogP contribution < -0.4 is 0 Å². The Morgan fingerprint density at radius 3 is 1.18 bits per heavy atom. The van der Waals surface area contributed by atoms with Crippen LogP contribution in [0.5, 0.6) is 0 Å². The predicted molar refractivity (Wildman–Crippen MR) is 463 cm³/mol. The number of fused-ring (bicyclic) bond motifs is 8. The van der Waals surface area contributed by atoms with Crippen molar-refractivity contribution in [2.75, 3.05) is 0 Å². The van der Waals surface area contributed by atoms with Gasteiger partial charge < -0.3 is 0 Å². The van der Waals surface area contributed by atoms with Gasteiger partial charge in [0.15, 0.2) is 0 Å². The van der Waals surface area contributed by atoms with E-state index in [1.54, 1.807) is 0 Å². The van der Waals surface area contributed by atoms with Crippen LogP contribution >= 0.6 is 0 Å². The molecule has 544 valence electrons. The van der Waals surface area contributed by atoms with Crippen molar-refractivity contribution in [1.82, 2.24) is 39.9 Å². The van der Waals surface area contributed by atoms with Gasteiger partial charge in [0.25, 0.3) is 0 Å². The second-order valence-corrected chi connectivity index (χ2v) is 21.4. The molecular formula is C96H120N8. The highest BCUT2D eigenvalue weighted by atomic mass is 14.7. The van der Waals surface area contributed by atoms with E-state index in [9.17, 15) is 0 Å². The molecule has 0 saturated heterocycles. The second-order valence-electron chi connectivity index (χ2n) is 21.4. The van der Waals surface area contributed by atoms with E-state index in [4.69, 9.17) is 0 Å². The summed E-state index contributed by atoms with van der Waals surface area (Å²) >= 11 is 0. The molecule has 8 nitrogen and oxygen atoms in total. The number of benzene rings is 8. The van der Waals surface area contributed by atoms with Crippen molar-refractivity contribution >= 4 is 86.3 Å². The summed E-state index contributed by atoms with van der Waals surface area (Å²) in [6.07, 6.45) is 24.2. The van der Waals surface area contributed by atoms with Gasteiger partial charge >= 0.3 is 0 Å². The molecule has 0 saturated carbocycles. The van der Waals surface area contributed by atoms with E-state index >= 15 is 0 Å². The zero-order valence-corrected chi connectivity index (χ0v) is 67.3. The van der Waals surface area contributed by atoms with Crippen LogP contribution in [0.1, 0.15) is 156 Å². The largest absolute Gasteiger partial charge is 0.264 e. The third kappa shape index (κ3) is 31.1. The number of aromatic nitrogens is 8. The minimum atomic E-state index is 1.07. The summed E-state index contributed by atoms with van der Waals surface area (Å²) in [5, 5.41) is 18.7. The van der Waals surface area contributed by atoms with Gasteiger partial charge in [-0.25, -0.2) is 0 Å². The number of aryl methyl sites for hydroxylation is 8. The third-order valence-electron chi connectivity index (χ3n) is 14.7. The van der Waals surface area contributed by atoms with E-state index in [2.05, 4.69) is 227 Å². The fourth-order valence-electron chi connectivity index (χ4n) is 9.95. The smallest absolute Gasteiger partial charge is 0.0731 e. The molecule has 0 bridgehead atoms. The molecule has 0 radical (unpaired) electrons. The summed E-state index contributed by atoms with van der Waals surface area (Å²) in [6.45, 7) is 48.6. The molecule has 0 aliphatic rings. The molecule has 104 heavy (non-hydrogen) atoms. The zero-order valence-electron chi connectivity index (χ0n) is 67.3. The highest BCUT2D eigenvalue weighted by Crippen LogP contribution is 2.21. The molecule has 0 unspecified atom stereocenters. The van der Waals surface area contributed by atoms with Crippen molar-refractivity contribution in [3.8, 4) is 0 Å². The Morgan fingerprint density at radius 1 is 0.192 bits per heavy atom. The number of para-hydroxylation sites is 1. The van der Waals surface area contributed by atoms with Crippen LogP contribution in [0.3, 0.4) is 0 Å². The Labute approximate surface area is 626 Å². The lowest BCUT2D eigenvalue weighted by Gasteiger charge is -1.98. The Hall–Kier alpha value is -11.0. The highest BCUT2D eigenvalue weighted by Gasteiger charge is 1.99. The van der Waals surface area contributed by atoms with Crippen LogP contribution in [0.25, 0.3) is 86.3 Å². The quantitative estimate of drug-likeness (QED) is 0.148. The predicted octanol–water partition coefficient (Wildman–Crippen LogP) is 28.6. The molecule has 0 spiro atoms. The first-order valence-electron chi connectivity index (χ1n) is 37.4. The standard InChI is InChI=1S/8C10H9N.8C2H6/c1-8-4-2-5-9-6-3-7-11-10(8)9;1-8-2-3-10-7-11-5-4-9(10)6-8;1-8-2-3-9-4-5-11-7-10(9)6-8;1-8-3-2-4-9-7-11-6-5-10(8)9;1-8-3-2-4-9-5-6-11-7-10(8)9;1-8-6-11-7-9-4-2-3-5-10(8)9;1-8-6-9-4-2-3-5-10(9)7-11-8;1-8-10-5-3-2-4-9(10)6-7-11-8;8*1-2/h8*2-7H,1H3;8*1-2H3. The maximum Gasteiger partial charge on any atom is 0.0731 e. The molecule has 0 N–H and O–H groups in total. The van der Waals surface area contributed by atoms with Crippen molar-refractivity contribution in [2.45, 2.75) is 166 Å². The lowest BCUT2D eigenvalue weighted by molar-refractivity contribution is 1.22. The first-order valence-corrected chi connectivity index (χ1v) is 37.4. The normalized spacial score (nSPS) is 9.15. The van der Waals surface area contributed by atoms with E-state index in [1.165, 1.54) is 114 Å². The monoisotopic (exact) mass is 1380 g/mol. The molecule has 8 aromatic carbocycles. The molecule has 8 heteroatoms. The molecule has 16 aromatic rings. The van der Waals surface area contributed by atoms with Crippen molar-refractivity contribution in [3.05, 3.63) is 338 Å². The van der Waals surface area contributed by atoms with Crippen molar-refractivity contribution in [2.24, 2.45) is 0 Å². The number of hydrogen-bond donors (Lipinski definition) is 0. The molecule has 8 heterocycles. The van der Waals surface area contributed by atoms with Crippen LogP contribution in [0.15, 0.2) is 293 Å². The SMILES string of the molecule is CC.CC.CC.CC.CC.CC.CC.CC.Cc1cc2ccccc2cn1.Cc1ccc2ccncc2c1.Cc1ccc2cnccc2c1.Cc1cccc2cccnc12.Cc1cccc2ccncc12.Cc1cccc2cnccc12.Cc1cncc2ccccc12.Cc1nccc2ccccc12. The fourth-order valence-corrected chi connectivity index (χ4v) is 9.95. The summed E-state index contributed by atoms with van der Waals surface area (Å²) in [5.74, 6) is 0. The second kappa shape index (κ2) is 55.7. The van der Waals surface area contributed by atoms with E-state index in [0.29, 0.717) is 0 Å². The van der Waals surface area contributed by atoms with Crippen LogP contribution in [-0.4, -0.2) is 39.9 Å². The van der Waals surface area contributed by atoms with Gasteiger partial charge in [-0.2, -0.15) is 0 Å².